The van der Waals surface area contributed by atoms with E-state index in [1.165, 1.54) is 12.0 Å². The van der Waals surface area contributed by atoms with Crippen molar-refractivity contribution in [1.82, 2.24) is 5.32 Å². The van der Waals surface area contributed by atoms with Crippen molar-refractivity contribution in [1.29, 1.82) is 0 Å². The summed E-state index contributed by atoms with van der Waals surface area (Å²) < 4.78 is 0. The van der Waals surface area contributed by atoms with E-state index in [9.17, 15) is 0 Å². The molecule has 1 aromatic rings. The van der Waals surface area contributed by atoms with Crippen molar-refractivity contribution in [2.75, 3.05) is 7.05 Å². The minimum Gasteiger partial charge on any atom is -0.316 e. The van der Waals surface area contributed by atoms with E-state index in [4.69, 9.17) is 0 Å². The number of hydrogen-bond acceptors (Lipinski definition) is 1. The molecule has 1 aliphatic rings. The second kappa shape index (κ2) is 4.36. The van der Waals surface area contributed by atoms with Crippen molar-refractivity contribution in [3.8, 4) is 0 Å². The van der Waals surface area contributed by atoms with Gasteiger partial charge in [0, 0.05) is 6.04 Å². The molecule has 4 atom stereocenters. The predicted molar refractivity (Wildman–Crippen MR) is 65.0 cm³/mol. The Hall–Kier alpha value is -0.820. The van der Waals surface area contributed by atoms with E-state index >= 15 is 0 Å². The first kappa shape index (κ1) is 10.7. The SMILES string of the molecule is CCC1C(NC)C(C)C1c1ccccc1. The van der Waals surface area contributed by atoms with Crippen LogP contribution < -0.4 is 5.32 Å². The van der Waals surface area contributed by atoms with Crippen molar-refractivity contribution in [2.45, 2.75) is 32.2 Å². The summed E-state index contributed by atoms with van der Waals surface area (Å²) in [6.07, 6.45) is 1.27. The Balaban J connectivity index is 2.17. The zero-order valence-electron chi connectivity index (χ0n) is 9.90. The van der Waals surface area contributed by atoms with Crippen LogP contribution in [0.15, 0.2) is 30.3 Å². The molecule has 0 radical (unpaired) electrons. The summed E-state index contributed by atoms with van der Waals surface area (Å²) in [6.45, 7) is 4.67. The molecule has 4 unspecified atom stereocenters. The normalized spacial score (nSPS) is 34.9. The third-order valence-corrected chi connectivity index (χ3v) is 4.04. The number of rotatable bonds is 3. The van der Waals surface area contributed by atoms with Crippen molar-refractivity contribution >= 4 is 0 Å². The topological polar surface area (TPSA) is 12.0 Å². The molecule has 1 heteroatoms. The van der Waals surface area contributed by atoms with Gasteiger partial charge in [-0.3, -0.25) is 0 Å². The van der Waals surface area contributed by atoms with Gasteiger partial charge >= 0.3 is 0 Å². The maximum Gasteiger partial charge on any atom is 0.0130 e. The Morgan fingerprint density at radius 3 is 2.40 bits per heavy atom. The standard InChI is InChI=1S/C14H21N/c1-4-12-13(10(2)14(12)15-3)11-8-6-5-7-9-11/h5-10,12-15H,4H2,1-3H3. The van der Waals surface area contributed by atoms with Crippen LogP contribution in [-0.2, 0) is 0 Å². The second-order valence-corrected chi connectivity index (χ2v) is 4.68. The van der Waals surface area contributed by atoms with Crippen molar-refractivity contribution in [3.05, 3.63) is 35.9 Å². The zero-order chi connectivity index (χ0) is 10.8. The number of hydrogen-bond donors (Lipinski definition) is 1. The lowest BCUT2D eigenvalue weighted by Gasteiger charge is -2.51. The first-order valence-corrected chi connectivity index (χ1v) is 6.01. The summed E-state index contributed by atoms with van der Waals surface area (Å²) in [4.78, 5) is 0. The highest BCUT2D eigenvalue weighted by molar-refractivity contribution is 5.26. The Labute approximate surface area is 92.9 Å². The van der Waals surface area contributed by atoms with E-state index < -0.39 is 0 Å². The van der Waals surface area contributed by atoms with Crippen LogP contribution in [0.25, 0.3) is 0 Å². The lowest BCUT2D eigenvalue weighted by Crippen LogP contribution is -2.54. The van der Waals surface area contributed by atoms with Gasteiger partial charge in [-0.25, -0.2) is 0 Å². The number of nitrogens with one attached hydrogen (secondary N) is 1. The van der Waals surface area contributed by atoms with Crippen LogP contribution >= 0.6 is 0 Å². The van der Waals surface area contributed by atoms with E-state index in [-0.39, 0.29) is 0 Å². The minimum atomic E-state index is 0.709. The average molecular weight is 203 g/mol. The molecule has 0 aromatic heterocycles. The predicted octanol–water partition coefficient (Wildman–Crippen LogP) is 3.03. The monoisotopic (exact) mass is 203 g/mol. The molecular weight excluding hydrogens is 182 g/mol. The van der Waals surface area contributed by atoms with Crippen LogP contribution in [0.1, 0.15) is 31.7 Å². The molecule has 1 aromatic carbocycles. The minimum absolute atomic E-state index is 0.709. The van der Waals surface area contributed by atoms with Gasteiger partial charge in [-0.05, 0) is 30.4 Å². The molecule has 1 fully saturated rings. The molecule has 0 amide bonds. The maximum absolute atomic E-state index is 3.45. The van der Waals surface area contributed by atoms with Gasteiger partial charge in [-0.15, -0.1) is 0 Å². The molecule has 2 rings (SSSR count). The van der Waals surface area contributed by atoms with Gasteiger partial charge < -0.3 is 5.32 Å². The molecule has 0 saturated heterocycles. The van der Waals surface area contributed by atoms with E-state index in [2.05, 4.69) is 56.5 Å². The number of benzene rings is 1. The zero-order valence-corrected chi connectivity index (χ0v) is 9.90. The summed E-state index contributed by atoms with van der Waals surface area (Å²) in [7, 11) is 2.09. The van der Waals surface area contributed by atoms with E-state index in [1.807, 2.05) is 0 Å². The lowest BCUT2D eigenvalue weighted by molar-refractivity contribution is 0.0847. The van der Waals surface area contributed by atoms with Gasteiger partial charge in [-0.1, -0.05) is 50.6 Å². The molecule has 15 heavy (non-hydrogen) atoms. The van der Waals surface area contributed by atoms with Gasteiger partial charge in [-0.2, -0.15) is 0 Å². The summed E-state index contributed by atoms with van der Waals surface area (Å²) in [5.41, 5.74) is 1.52. The first-order valence-electron chi connectivity index (χ1n) is 6.01. The van der Waals surface area contributed by atoms with E-state index in [0.717, 1.165) is 17.8 Å². The van der Waals surface area contributed by atoms with Crippen LogP contribution in [0.2, 0.25) is 0 Å². The highest BCUT2D eigenvalue weighted by Crippen LogP contribution is 2.48. The van der Waals surface area contributed by atoms with Crippen LogP contribution in [-0.4, -0.2) is 13.1 Å². The average Bonchev–Trinajstić information content (AvgIpc) is 2.27. The van der Waals surface area contributed by atoms with E-state index in [1.54, 1.807) is 0 Å². The van der Waals surface area contributed by atoms with Crippen LogP contribution in [0.5, 0.6) is 0 Å². The van der Waals surface area contributed by atoms with Crippen molar-refractivity contribution < 1.29 is 0 Å². The third-order valence-electron chi connectivity index (χ3n) is 4.04. The van der Waals surface area contributed by atoms with Gasteiger partial charge in [0.25, 0.3) is 0 Å². The Bertz CT molecular complexity index is 306. The van der Waals surface area contributed by atoms with Crippen molar-refractivity contribution in [2.24, 2.45) is 11.8 Å². The largest absolute Gasteiger partial charge is 0.316 e. The van der Waals surface area contributed by atoms with Gasteiger partial charge in [0.1, 0.15) is 0 Å². The second-order valence-electron chi connectivity index (χ2n) is 4.68. The third kappa shape index (κ3) is 1.69. The molecule has 1 saturated carbocycles. The molecule has 0 bridgehead atoms. The Morgan fingerprint density at radius 2 is 1.87 bits per heavy atom. The Morgan fingerprint density at radius 1 is 1.20 bits per heavy atom. The molecule has 82 valence electrons. The van der Waals surface area contributed by atoms with Crippen LogP contribution in [0.4, 0.5) is 0 Å². The van der Waals surface area contributed by atoms with Gasteiger partial charge in [0.05, 0.1) is 0 Å². The molecule has 0 heterocycles. The summed E-state index contributed by atoms with van der Waals surface area (Å²) in [5.74, 6) is 2.34. The molecule has 1 nitrogen and oxygen atoms in total. The quantitative estimate of drug-likeness (QED) is 0.796. The highest BCUT2D eigenvalue weighted by Gasteiger charge is 2.46. The fraction of sp³-hybridized carbons (Fsp3) is 0.571. The van der Waals surface area contributed by atoms with Gasteiger partial charge in [0.2, 0.25) is 0 Å². The molecule has 1 aliphatic carbocycles. The van der Waals surface area contributed by atoms with E-state index in [0.29, 0.717) is 6.04 Å². The summed E-state index contributed by atoms with van der Waals surface area (Å²) >= 11 is 0. The maximum atomic E-state index is 3.45. The smallest absolute Gasteiger partial charge is 0.0130 e. The van der Waals surface area contributed by atoms with Crippen molar-refractivity contribution in [3.63, 3.8) is 0 Å². The van der Waals surface area contributed by atoms with Crippen LogP contribution in [0, 0.1) is 11.8 Å². The fourth-order valence-electron chi connectivity index (χ4n) is 3.29. The highest BCUT2D eigenvalue weighted by atomic mass is 14.9. The summed E-state index contributed by atoms with van der Waals surface area (Å²) in [5, 5.41) is 3.45. The molecule has 0 aliphatic heterocycles. The van der Waals surface area contributed by atoms with Gasteiger partial charge in [0.15, 0.2) is 0 Å². The summed E-state index contributed by atoms with van der Waals surface area (Å²) in [6, 6.07) is 11.7. The van der Waals surface area contributed by atoms with Crippen LogP contribution in [0.3, 0.4) is 0 Å². The first-order chi connectivity index (χ1) is 7.29. The lowest BCUT2D eigenvalue weighted by atomic mass is 9.58. The molecule has 1 N–H and O–H groups in total. The molecule has 0 spiro atoms. The Kier molecular flexibility index (Phi) is 3.11. The molecular formula is C14H21N. The fourth-order valence-corrected chi connectivity index (χ4v) is 3.29.